The number of rotatable bonds is 6. The molecule has 7 heteroatoms. The fraction of sp³-hybridized carbons (Fsp3) is 0.222. The lowest BCUT2D eigenvalue weighted by Crippen LogP contribution is -2.35. The fourth-order valence-electron chi connectivity index (χ4n) is 2.34. The second kappa shape index (κ2) is 8.23. The number of benzene rings is 2. The van der Waals surface area contributed by atoms with E-state index in [1.807, 2.05) is 0 Å². The largest absolute Gasteiger partial charge is 0.508 e. The molecule has 0 aliphatic carbocycles. The molecule has 0 fully saturated rings. The lowest BCUT2D eigenvalue weighted by atomic mass is 9.99. The topological polar surface area (TPSA) is 75.6 Å². The predicted molar refractivity (Wildman–Crippen MR) is 86.0 cm³/mol. The van der Waals surface area contributed by atoms with Crippen LogP contribution in [0.15, 0.2) is 42.5 Å². The highest BCUT2D eigenvalue weighted by atomic mass is 19.1. The lowest BCUT2D eigenvalue weighted by molar-refractivity contribution is -0.145. The summed E-state index contributed by atoms with van der Waals surface area (Å²) < 4.78 is 31.9. The van der Waals surface area contributed by atoms with Crippen LogP contribution in [0.5, 0.6) is 5.75 Å². The molecule has 0 spiro atoms. The SMILES string of the molecule is COC(=O)[C@H](CNC(=O)c1c(F)cccc1F)Cc1ccc(O)cc1. The average molecular weight is 349 g/mol. The van der Waals surface area contributed by atoms with Crippen molar-refractivity contribution in [2.45, 2.75) is 6.42 Å². The maximum absolute atomic E-state index is 13.6. The van der Waals surface area contributed by atoms with Crippen LogP contribution in [0.1, 0.15) is 15.9 Å². The molecule has 0 radical (unpaired) electrons. The molecule has 25 heavy (non-hydrogen) atoms. The number of amides is 1. The van der Waals surface area contributed by atoms with E-state index in [9.17, 15) is 23.5 Å². The Morgan fingerprint density at radius 2 is 1.72 bits per heavy atom. The number of hydrogen-bond donors (Lipinski definition) is 2. The minimum absolute atomic E-state index is 0.0849. The highest BCUT2D eigenvalue weighted by Crippen LogP contribution is 2.15. The van der Waals surface area contributed by atoms with Crippen LogP contribution in [0.3, 0.4) is 0 Å². The first-order valence-electron chi connectivity index (χ1n) is 7.50. The van der Waals surface area contributed by atoms with Crippen LogP contribution in [0, 0.1) is 17.6 Å². The monoisotopic (exact) mass is 349 g/mol. The predicted octanol–water partition coefficient (Wildman–Crippen LogP) is 2.43. The molecule has 1 amide bonds. The van der Waals surface area contributed by atoms with E-state index in [0.717, 1.165) is 23.8 Å². The van der Waals surface area contributed by atoms with Crippen LogP contribution >= 0.6 is 0 Å². The number of halogens is 2. The molecule has 2 rings (SSSR count). The van der Waals surface area contributed by atoms with Crippen molar-refractivity contribution in [3.05, 3.63) is 65.2 Å². The van der Waals surface area contributed by atoms with Crippen molar-refractivity contribution < 1.29 is 28.2 Å². The Hall–Kier alpha value is -2.96. The number of phenols is 1. The highest BCUT2D eigenvalue weighted by Gasteiger charge is 2.23. The van der Waals surface area contributed by atoms with Gasteiger partial charge in [0.25, 0.3) is 5.91 Å². The second-order valence-electron chi connectivity index (χ2n) is 5.40. The molecule has 0 aromatic heterocycles. The summed E-state index contributed by atoms with van der Waals surface area (Å²) in [6.07, 6.45) is 0.229. The molecule has 0 unspecified atom stereocenters. The molecule has 2 N–H and O–H groups in total. The molecule has 1 atom stereocenters. The number of carbonyl (C=O) groups excluding carboxylic acids is 2. The summed E-state index contributed by atoms with van der Waals surface area (Å²) >= 11 is 0. The van der Waals surface area contributed by atoms with Crippen molar-refractivity contribution in [1.29, 1.82) is 0 Å². The number of methoxy groups -OCH3 is 1. The van der Waals surface area contributed by atoms with Crippen molar-refractivity contribution in [2.24, 2.45) is 5.92 Å². The number of hydrogen-bond acceptors (Lipinski definition) is 4. The number of ether oxygens (including phenoxy) is 1. The van der Waals surface area contributed by atoms with Crippen LogP contribution in [-0.2, 0) is 16.0 Å². The Kier molecular flexibility index (Phi) is 6.05. The maximum atomic E-state index is 13.6. The molecule has 2 aromatic carbocycles. The van der Waals surface area contributed by atoms with Gasteiger partial charge in [-0.15, -0.1) is 0 Å². The molecule has 2 aromatic rings. The Balaban J connectivity index is 2.08. The fourth-order valence-corrected chi connectivity index (χ4v) is 2.34. The number of carbonyl (C=O) groups is 2. The number of nitrogens with one attached hydrogen (secondary N) is 1. The Bertz CT molecular complexity index is 742. The van der Waals surface area contributed by atoms with Crippen molar-refractivity contribution in [2.75, 3.05) is 13.7 Å². The zero-order chi connectivity index (χ0) is 18.4. The van der Waals surface area contributed by atoms with Crippen LogP contribution in [0.2, 0.25) is 0 Å². The van der Waals surface area contributed by atoms with Crippen molar-refractivity contribution in [3.63, 3.8) is 0 Å². The van der Waals surface area contributed by atoms with E-state index in [4.69, 9.17) is 4.74 Å². The quantitative estimate of drug-likeness (QED) is 0.786. The molecule has 5 nitrogen and oxygen atoms in total. The van der Waals surface area contributed by atoms with Gasteiger partial charge < -0.3 is 15.2 Å². The van der Waals surface area contributed by atoms with Gasteiger partial charge in [-0.2, -0.15) is 0 Å². The van der Waals surface area contributed by atoms with Gasteiger partial charge in [-0.05, 0) is 36.2 Å². The van der Waals surface area contributed by atoms with Gasteiger partial charge in [0.15, 0.2) is 0 Å². The Morgan fingerprint density at radius 1 is 1.12 bits per heavy atom. The van der Waals surface area contributed by atoms with Gasteiger partial charge in [0.05, 0.1) is 13.0 Å². The van der Waals surface area contributed by atoms with Gasteiger partial charge in [0.1, 0.15) is 22.9 Å². The molecular formula is C18H17F2NO4. The first-order chi connectivity index (χ1) is 11.9. The standard InChI is InChI=1S/C18H17F2NO4/c1-25-18(24)12(9-11-5-7-13(22)8-6-11)10-21-17(23)16-14(19)3-2-4-15(16)20/h2-8,12,22H,9-10H2,1H3,(H,21,23)/t12-/m0/s1. The van der Waals surface area contributed by atoms with Gasteiger partial charge >= 0.3 is 5.97 Å². The van der Waals surface area contributed by atoms with Gasteiger partial charge in [-0.3, -0.25) is 9.59 Å². The van der Waals surface area contributed by atoms with Crippen molar-refractivity contribution in [1.82, 2.24) is 5.32 Å². The number of esters is 1. The van der Waals surface area contributed by atoms with Crippen LogP contribution in [0.25, 0.3) is 0 Å². The molecule has 0 aliphatic rings. The summed E-state index contributed by atoms with van der Waals surface area (Å²) in [6.45, 7) is -0.153. The van der Waals surface area contributed by atoms with E-state index >= 15 is 0 Å². The third kappa shape index (κ3) is 4.76. The molecule has 0 bridgehead atoms. The van der Waals surface area contributed by atoms with Gasteiger partial charge in [-0.25, -0.2) is 8.78 Å². The lowest BCUT2D eigenvalue weighted by Gasteiger charge is -2.16. The van der Waals surface area contributed by atoms with E-state index in [2.05, 4.69) is 5.32 Å². The van der Waals surface area contributed by atoms with Crippen LogP contribution in [0.4, 0.5) is 8.78 Å². The van der Waals surface area contributed by atoms with E-state index in [1.54, 1.807) is 12.1 Å². The minimum Gasteiger partial charge on any atom is -0.508 e. The third-order valence-corrected chi connectivity index (χ3v) is 3.65. The highest BCUT2D eigenvalue weighted by molar-refractivity contribution is 5.95. The first-order valence-corrected chi connectivity index (χ1v) is 7.50. The minimum atomic E-state index is -0.981. The summed E-state index contributed by atoms with van der Waals surface area (Å²) in [7, 11) is 1.21. The maximum Gasteiger partial charge on any atom is 0.310 e. The zero-order valence-corrected chi connectivity index (χ0v) is 13.5. The Morgan fingerprint density at radius 3 is 2.28 bits per heavy atom. The summed E-state index contributed by atoms with van der Waals surface area (Å²) in [5.74, 6) is -4.14. The number of phenolic OH excluding ortho intramolecular Hbond substituents is 1. The molecule has 132 valence electrons. The number of aromatic hydroxyl groups is 1. The smallest absolute Gasteiger partial charge is 0.310 e. The first kappa shape index (κ1) is 18.4. The molecule has 0 saturated carbocycles. The molecular weight excluding hydrogens is 332 g/mol. The van der Waals surface area contributed by atoms with E-state index in [1.165, 1.54) is 19.2 Å². The van der Waals surface area contributed by atoms with Crippen molar-refractivity contribution in [3.8, 4) is 5.75 Å². The van der Waals surface area contributed by atoms with Gasteiger partial charge in [0, 0.05) is 6.54 Å². The summed E-state index contributed by atoms with van der Waals surface area (Å²) in [5.41, 5.74) is 0.0373. The third-order valence-electron chi connectivity index (χ3n) is 3.65. The zero-order valence-electron chi connectivity index (χ0n) is 13.5. The average Bonchev–Trinajstić information content (AvgIpc) is 2.59. The molecule has 0 aliphatic heterocycles. The van der Waals surface area contributed by atoms with Gasteiger partial charge in [-0.1, -0.05) is 18.2 Å². The van der Waals surface area contributed by atoms with E-state index in [0.29, 0.717) is 0 Å². The van der Waals surface area contributed by atoms with Crippen LogP contribution in [-0.4, -0.2) is 30.6 Å². The molecule has 0 saturated heterocycles. The summed E-state index contributed by atoms with van der Waals surface area (Å²) in [5, 5.41) is 11.6. The second-order valence-corrected chi connectivity index (χ2v) is 5.40. The van der Waals surface area contributed by atoms with Crippen LogP contribution < -0.4 is 5.32 Å². The van der Waals surface area contributed by atoms with E-state index < -0.39 is 35.0 Å². The summed E-state index contributed by atoms with van der Waals surface area (Å²) in [6, 6.07) is 9.31. The van der Waals surface area contributed by atoms with E-state index in [-0.39, 0.29) is 18.7 Å². The van der Waals surface area contributed by atoms with Crippen molar-refractivity contribution >= 4 is 11.9 Å². The Labute approximate surface area is 143 Å². The molecule has 0 heterocycles. The van der Waals surface area contributed by atoms with Gasteiger partial charge in [0.2, 0.25) is 0 Å². The summed E-state index contributed by atoms with van der Waals surface area (Å²) in [4.78, 5) is 23.9. The normalized spacial score (nSPS) is 11.6.